The van der Waals surface area contributed by atoms with E-state index in [-0.39, 0.29) is 12.2 Å². The van der Waals surface area contributed by atoms with Crippen LogP contribution in [0.5, 0.6) is 0 Å². The van der Waals surface area contributed by atoms with Crippen LogP contribution in [0.2, 0.25) is 0 Å². The lowest BCUT2D eigenvalue weighted by Gasteiger charge is -2.01. The van der Waals surface area contributed by atoms with E-state index in [0.717, 1.165) is 15.7 Å². The van der Waals surface area contributed by atoms with Crippen molar-refractivity contribution in [3.63, 3.8) is 0 Å². The number of benzene rings is 1. The molecule has 3 aromatic rings. The summed E-state index contributed by atoms with van der Waals surface area (Å²) in [4.78, 5) is 27.2. The summed E-state index contributed by atoms with van der Waals surface area (Å²) in [6, 6.07) is 12.8. The van der Waals surface area contributed by atoms with E-state index < -0.39 is 16.5 Å². The van der Waals surface area contributed by atoms with E-state index in [2.05, 4.69) is 36.5 Å². The molecule has 1 aromatic carbocycles. The minimum Gasteiger partial charge on any atom is -0.265 e. The maximum absolute atomic E-state index is 12.3. The molecule has 0 aliphatic rings. The molecule has 10 heteroatoms. The Balaban J connectivity index is 1.77. The number of nitrogens with zero attached hydrogens (tertiary/aromatic N) is 5. The van der Waals surface area contributed by atoms with Crippen LogP contribution in [0.1, 0.15) is 27.4 Å². The van der Waals surface area contributed by atoms with Gasteiger partial charge in [0.25, 0.3) is 5.91 Å². The van der Waals surface area contributed by atoms with Gasteiger partial charge in [0, 0.05) is 10.2 Å². The lowest BCUT2D eigenvalue weighted by atomic mass is 10.2. The Kier molecular flexibility index (Phi) is 5.90. The normalized spacial score (nSPS) is 10.9. The number of rotatable bonds is 6. The Morgan fingerprint density at radius 3 is 2.86 bits per heavy atom. The third kappa shape index (κ3) is 4.86. The molecule has 0 fully saturated rings. The predicted molar refractivity (Wildman–Crippen MR) is 106 cm³/mol. The number of carbonyl (C=O) groups is 1. The molecule has 0 saturated heterocycles. The van der Waals surface area contributed by atoms with Crippen LogP contribution in [0.4, 0.5) is 5.69 Å². The fraction of sp³-hybridized carbons (Fsp3) is 0.111. The van der Waals surface area contributed by atoms with Crippen molar-refractivity contribution in [1.29, 1.82) is 0 Å². The maximum atomic E-state index is 12.3. The number of aromatic nitrogens is 3. The minimum absolute atomic E-state index is 0.282. The van der Waals surface area contributed by atoms with Crippen molar-refractivity contribution in [2.24, 2.45) is 5.10 Å². The zero-order valence-electron chi connectivity index (χ0n) is 14.7. The van der Waals surface area contributed by atoms with Crippen LogP contribution < -0.4 is 5.43 Å². The van der Waals surface area contributed by atoms with Gasteiger partial charge in [0.1, 0.15) is 6.20 Å². The van der Waals surface area contributed by atoms with Crippen LogP contribution in [0, 0.1) is 17.0 Å². The summed E-state index contributed by atoms with van der Waals surface area (Å²) >= 11 is 3.37. The summed E-state index contributed by atoms with van der Waals surface area (Å²) in [5.74, 6) is -0.774. The summed E-state index contributed by atoms with van der Waals surface area (Å²) in [5, 5.41) is 19.1. The van der Waals surface area contributed by atoms with Gasteiger partial charge < -0.3 is 0 Å². The molecular weight excluding hydrogens is 428 g/mol. The average molecular weight is 443 g/mol. The third-order valence-corrected chi connectivity index (χ3v) is 4.15. The van der Waals surface area contributed by atoms with E-state index >= 15 is 0 Å². The summed E-state index contributed by atoms with van der Waals surface area (Å²) in [7, 11) is 0. The van der Waals surface area contributed by atoms with Crippen molar-refractivity contribution in [2.75, 3.05) is 0 Å². The lowest BCUT2D eigenvalue weighted by Crippen LogP contribution is -2.20. The number of hydrazone groups is 1. The standard InChI is InChI=1S/C18H15BrN6O3/c1-12-4-2-7-15(21-12)9-20-22-18(26)17-16(25(27)28)11-24(23-17)10-13-5-3-6-14(19)8-13/h2-9,11H,10H2,1H3,(H,22,26)/b20-9+. The first-order valence-corrected chi connectivity index (χ1v) is 8.95. The Morgan fingerprint density at radius 2 is 2.14 bits per heavy atom. The lowest BCUT2D eigenvalue weighted by molar-refractivity contribution is -0.385. The number of carbonyl (C=O) groups excluding carboxylic acids is 1. The van der Waals surface area contributed by atoms with Crippen LogP contribution in [-0.2, 0) is 6.54 Å². The molecule has 9 nitrogen and oxygen atoms in total. The average Bonchev–Trinajstić information content (AvgIpc) is 3.06. The van der Waals surface area contributed by atoms with Crippen LogP contribution >= 0.6 is 15.9 Å². The Labute approximate surface area is 168 Å². The largest absolute Gasteiger partial charge is 0.320 e. The highest BCUT2D eigenvalue weighted by molar-refractivity contribution is 9.10. The molecule has 3 rings (SSSR count). The van der Waals surface area contributed by atoms with Gasteiger partial charge in [0.05, 0.1) is 23.4 Å². The number of hydrogen-bond donors (Lipinski definition) is 1. The van der Waals surface area contributed by atoms with Crippen molar-refractivity contribution < 1.29 is 9.72 Å². The molecule has 0 spiro atoms. The van der Waals surface area contributed by atoms with Crippen molar-refractivity contribution in [3.8, 4) is 0 Å². The van der Waals surface area contributed by atoms with E-state index in [0.29, 0.717) is 5.69 Å². The smallest absolute Gasteiger partial charge is 0.265 e. The highest BCUT2D eigenvalue weighted by atomic mass is 79.9. The zero-order chi connectivity index (χ0) is 20.1. The van der Waals surface area contributed by atoms with E-state index in [1.165, 1.54) is 17.1 Å². The third-order valence-electron chi connectivity index (χ3n) is 3.66. The molecule has 0 radical (unpaired) electrons. The fourth-order valence-electron chi connectivity index (χ4n) is 2.46. The van der Waals surface area contributed by atoms with Gasteiger partial charge in [-0.05, 0) is 36.8 Å². The first kappa shape index (κ1) is 19.4. The number of pyridine rings is 1. The van der Waals surface area contributed by atoms with Crippen molar-refractivity contribution in [3.05, 3.63) is 85.9 Å². The van der Waals surface area contributed by atoms with Crippen LogP contribution in [0.25, 0.3) is 0 Å². The molecule has 0 bridgehead atoms. The van der Waals surface area contributed by atoms with E-state index in [9.17, 15) is 14.9 Å². The van der Waals surface area contributed by atoms with E-state index in [1.807, 2.05) is 37.3 Å². The van der Waals surface area contributed by atoms with Gasteiger partial charge in [-0.2, -0.15) is 10.2 Å². The SMILES string of the molecule is Cc1cccc(/C=N/NC(=O)c2nn(Cc3cccc(Br)c3)cc2[N+](=O)[O-])n1. The number of halogens is 1. The van der Waals surface area contributed by atoms with Gasteiger partial charge in [0.2, 0.25) is 5.69 Å². The quantitative estimate of drug-likeness (QED) is 0.357. The summed E-state index contributed by atoms with van der Waals surface area (Å²) < 4.78 is 2.23. The Morgan fingerprint density at radius 1 is 1.36 bits per heavy atom. The highest BCUT2D eigenvalue weighted by Gasteiger charge is 2.25. The highest BCUT2D eigenvalue weighted by Crippen LogP contribution is 2.18. The number of hydrogen-bond acceptors (Lipinski definition) is 6. The Bertz CT molecular complexity index is 1060. The first-order valence-electron chi connectivity index (χ1n) is 8.16. The maximum Gasteiger partial charge on any atom is 0.320 e. The molecule has 2 heterocycles. The zero-order valence-corrected chi connectivity index (χ0v) is 16.3. The number of nitrogens with one attached hydrogen (secondary N) is 1. The van der Waals surface area contributed by atoms with Gasteiger partial charge in [-0.25, -0.2) is 5.43 Å². The van der Waals surface area contributed by atoms with Crippen molar-refractivity contribution in [2.45, 2.75) is 13.5 Å². The van der Waals surface area contributed by atoms with Gasteiger partial charge in [-0.3, -0.25) is 24.6 Å². The van der Waals surface area contributed by atoms with Crippen molar-refractivity contribution in [1.82, 2.24) is 20.2 Å². The van der Waals surface area contributed by atoms with Gasteiger partial charge in [-0.15, -0.1) is 0 Å². The molecule has 1 N–H and O–H groups in total. The molecular formula is C18H15BrN6O3. The molecule has 28 heavy (non-hydrogen) atoms. The monoisotopic (exact) mass is 442 g/mol. The second-order valence-electron chi connectivity index (χ2n) is 5.85. The summed E-state index contributed by atoms with van der Waals surface area (Å²) in [5.41, 5.74) is 3.78. The van der Waals surface area contributed by atoms with Gasteiger partial charge in [-0.1, -0.05) is 34.1 Å². The van der Waals surface area contributed by atoms with Crippen LogP contribution in [-0.4, -0.2) is 31.8 Å². The summed E-state index contributed by atoms with van der Waals surface area (Å²) in [6.07, 6.45) is 2.58. The second kappa shape index (κ2) is 8.53. The number of aryl methyl sites for hydroxylation is 1. The molecule has 1 amide bonds. The van der Waals surface area contributed by atoms with E-state index in [4.69, 9.17) is 0 Å². The minimum atomic E-state index is -0.774. The molecule has 0 atom stereocenters. The summed E-state index contributed by atoms with van der Waals surface area (Å²) in [6.45, 7) is 2.11. The molecule has 0 aliphatic heterocycles. The molecule has 0 unspecified atom stereocenters. The first-order chi connectivity index (χ1) is 13.4. The number of amides is 1. The predicted octanol–water partition coefficient (Wildman–Crippen LogP) is 3.07. The Hall–Kier alpha value is -3.40. The number of nitro groups is 1. The topological polar surface area (TPSA) is 115 Å². The molecule has 142 valence electrons. The van der Waals surface area contributed by atoms with Crippen LogP contribution in [0.15, 0.2) is 58.2 Å². The fourth-order valence-corrected chi connectivity index (χ4v) is 2.90. The van der Waals surface area contributed by atoms with Crippen LogP contribution in [0.3, 0.4) is 0 Å². The molecule has 2 aromatic heterocycles. The van der Waals surface area contributed by atoms with Crippen molar-refractivity contribution >= 4 is 33.7 Å². The van der Waals surface area contributed by atoms with Gasteiger partial charge >= 0.3 is 5.69 Å². The molecule has 0 saturated carbocycles. The van der Waals surface area contributed by atoms with E-state index in [1.54, 1.807) is 12.1 Å². The molecule has 0 aliphatic carbocycles. The van der Waals surface area contributed by atoms with Gasteiger partial charge in [0.15, 0.2) is 0 Å². The second-order valence-corrected chi connectivity index (χ2v) is 6.77.